The van der Waals surface area contributed by atoms with Crippen molar-refractivity contribution in [3.05, 3.63) is 35.9 Å². The second-order valence-corrected chi connectivity index (χ2v) is 7.52. The van der Waals surface area contributed by atoms with Gasteiger partial charge in [-0.15, -0.1) is 0 Å². The Hall–Kier alpha value is -1.89. The summed E-state index contributed by atoms with van der Waals surface area (Å²) in [7, 11) is -4.21. The van der Waals surface area contributed by atoms with E-state index in [0.717, 1.165) is 10.5 Å². The lowest BCUT2D eigenvalue weighted by atomic mass is 9.92. The third kappa shape index (κ3) is 5.33. The third-order valence-electron chi connectivity index (χ3n) is 3.93. The predicted octanol–water partition coefficient (Wildman–Crippen LogP) is 1.67. The van der Waals surface area contributed by atoms with E-state index in [2.05, 4.69) is 0 Å². The zero-order valence-electron chi connectivity index (χ0n) is 12.9. The van der Waals surface area contributed by atoms with Crippen molar-refractivity contribution < 1.29 is 33.8 Å². The predicted molar refractivity (Wildman–Crippen MR) is 84.4 cm³/mol. The molecule has 1 fully saturated rings. The molecule has 1 heterocycles. The van der Waals surface area contributed by atoms with Gasteiger partial charge in [-0.25, -0.2) is 9.59 Å². The van der Waals surface area contributed by atoms with E-state index in [-0.39, 0.29) is 25.7 Å². The molecule has 1 aromatic rings. The van der Waals surface area contributed by atoms with E-state index in [4.69, 9.17) is 14.5 Å². The first-order valence-electron chi connectivity index (χ1n) is 7.51. The summed E-state index contributed by atoms with van der Waals surface area (Å²) < 4.78 is 16.2. The van der Waals surface area contributed by atoms with Gasteiger partial charge in [0.2, 0.25) is 0 Å². The van der Waals surface area contributed by atoms with Gasteiger partial charge in [0, 0.05) is 6.54 Å². The average molecular weight is 357 g/mol. The molecule has 0 aliphatic carbocycles. The van der Waals surface area contributed by atoms with E-state index < -0.39 is 31.6 Å². The van der Waals surface area contributed by atoms with Crippen molar-refractivity contribution in [3.8, 4) is 0 Å². The van der Waals surface area contributed by atoms with Gasteiger partial charge < -0.3 is 19.6 Å². The molecule has 1 amide bonds. The normalized spacial score (nSPS) is 21.3. The first kappa shape index (κ1) is 18.4. The molecule has 1 aliphatic rings. The molecule has 132 valence electrons. The van der Waals surface area contributed by atoms with Crippen LogP contribution in [0.4, 0.5) is 4.79 Å². The van der Waals surface area contributed by atoms with Gasteiger partial charge in [-0.2, -0.15) is 0 Å². The molecule has 2 atom stereocenters. The van der Waals surface area contributed by atoms with Crippen LogP contribution in [0.3, 0.4) is 0 Å². The minimum absolute atomic E-state index is 0.000873. The summed E-state index contributed by atoms with van der Waals surface area (Å²) in [4.78, 5) is 42.8. The van der Waals surface area contributed by atoms with Gasteiger partial charge in [0.25, 0.3) is 0 Å². The molecular weight excluding hydrogens is 337 g/mol. The number of carboxylic acids is 1. The van der Waals surface area contributed by atoms with Crippen LogP contribution in [-0.4, -0.2) is 50.6 Å². The molecule has 8 nitrogen and oxygen atoms in total. The molecule has 1 aromatic carbocycles. The smallest absolute Gasteiger partial charge is 0.410 e. The van der Waals surface area contributed by atoms with Gasteiger partial charge in [0.15, 0.2) is 0 Å². The lowest BCUT2D eigenvalue weighted by molar-refractivity contribution is -0.144. The minimum Gasteiger partial charge on any atom is -0.480 e. The number of amides is 1. The van der Waals surface area contributed by atoms with Gasteiger partial charge in [0.05, 0.1) is 6.16 Å². The molecule has 0 spiro atoms. The molecule has 3 N–H and O–H groups in total. The number of rotatable bonds is 5. The van der Waals surface area contributed by atoms with Gasteiger partial charge in [0.1, 0.15) is 12.6 Å². The summed E-state index contributed by atoms with van der Waals surface area (Å²) in [5.74, 6) is -1.65. The summed E-state index contributed by atoms with van der Waals surface area (Å²) in [6, 6.07) is 7.87. The van der Waals surface area contributed by atoms with Gasteiger partial charge >= 0.3 is 19.7 Å². The van der Waals surface area contributed by atoms with Crippen LogP contribution in [0.5, 0.6) is 0 Å². The Kier molecular flexibility index (Phi) is 5.99. The van der Waals surface area contributed by atoms with Crippen molar-refractivity contribution in [3.63, 3.8) is 0 Å². The average Bonchev–Trinajstić information content (AvgIpc) is 2.52. The Labute approximate surface area is 139 Å². The fraction of sp³-hybridized carbons (Fsp3) is 0.467. The number of aliphatic carboxylic acids is 1. The van der Waals surface area contributed by atoms with Crippen LogP contribution in [0.2, 0.25) is 0 Å². The lowest BCUT2D eigenvalue weighted by Gasteiger charge is -2.36. The first-order chi connectivity index (χ1) is 11.3. The van der Waals surface area contributed by atoms with E-state index in [1.807, 2.05) is 6.07 Å². The summed E-state index contributed by atoms with van der Waals surface area (Å²) in [6.07, 6.45) is -0.777. The summed E-state index contributed by atoms with van der Waals surface area (Å²) >= 11 is 0. The number of carboxylic acid groups (broad SMARTS) is 1. The van der Waals surface area contributed by atoms with Crippen LogP contribution in [-0.2, 0) is 20.7 Å². The van der Waals surface area contributed by atoms with Crippen LogP contribution in [0.1, 0.15) is 18.4 Å². The Balaban J connectivity index is 1.97. The van der Waals surface area contributed by atoms with Gasteiger partial charge in [-0.3, -0.25) is 9.46 Å². The van der Waals surface area contributed by atoms with Gasteiger partial charge in [-0.1, -0.05) is 30.3 Å². The lowest BCUT2D eigenvalue weighted by Crippen LogP contribution is -2.50. The second-order valence-electron chi connectivity index (χ2n) is 5.83. The van der Waals surface area contributed by atoms with Crippen LogP contribution in [0.15, 0.2) is 30.3 Å². The molecule has 2 unspecified atom stereocenters. The SMILES string of the molecule is O=C(O)C1CC(CP(=O)(O)O)CCN1C(=O)OCc1ccccc1. The highest BCUT2D eigenvalue weighted by Crippen LogP contribution is 2.40. The maximum Gasteiger partial charge on any atom is 0.410 e. The van der Waals surface area contributed by atoms with E-state index in [0.29, 0.717) is 6.42 Å². The largest absolute Gasteiger partial charge is 0.480 e. The van der Waals surface area contributed by atoms with Crippen molar-refractivity contribution in [1.82, 2.24) is 4.90 Å². The Bertz CT molecular complexity index is 630. The van der Waals surface area contributed by atoms with Crippen molar-refractivity contribution >= 4 is 19.7 Å². The highest BCUT2D eigenvalue weighted by Gasteiger charge is 2.38. The first-order valence-corrected chi connectivity index (χ1v) is 9.30. The highest BCUT2D eigenvalue weighted by atomic mass is 31.2. The standard InChI is InChI=1S/C15H20NO7P/c17-14(18)13-8-12(10-24(20,21)22)6-7-16(13)15(19)23-9-11-4-2-1-3-5-11/h1-5,12-13H,6-10H2,(H,17,18)(H2,20,21,22). The molecule has 1 saturated heterocycles. The van der Waals surface area contributed by atoms with Crippen molar-refractivity contribution in [2.24, 2.45) is 5.92 Å². The van der Waals surface area contributed by atoms with Crippen LogP contribution >= 0.6 is 7.60 Å². The molecule has 0 bridgehead atoms. The number of hydrogen-bond donors (Lipinski definition) is 3. The fourth-order valence-corrected chi connectivity index (χ4v) is 3.80. The summed E-state index contributed by atoms with van der Waals surface area (Å²) in [5.41, 5.74) is 0.786. The van der Waals surface area contributed by atoms with Crippen molar-refractivity contribution in [2.75, 3.05) is 12.7 Å². The number of carbonyl (C=O) groups is 2. The fourth-order valence-electron chi connectivity index (χ4n) is 2.80. The van der Waals surface area contributed by atoms with Crippen molar-refractivity contribution in [1.29, 1.82) is 0 Å². The molecule has 9 heteroatoms. The molecule has 0 radical (unpaired) electrons. The molecular formula is C15H20NO7P. The number of hydrogen-bond acceptors (Lipinski definition) is 4. The Morgan fingerprint density at radius 3 is 2.50 bits per heavy atom. The second kappa shape index (κ2) is 7.79. The van der Waals surface area contributed by atoms with Crippen LogP contribution in [0, 0.1) is 5.92 Å². The minimum atomic E-state index is -4.21. The number of likely N-dealkylation sites (tertiary alicyclic amines) is 1. The number of piperidine rings is 1. The number of carbonyl (C=O) groups excluding carboxylic acids is 1. The van der Waals surface area contributed by atoms with Crippen LogP contribution < -0.4 is 0 Å². The number of benzene rings is 1. The maximum absolute atomic E-state index is 12.2. The summed E-state index contributed by atoms with van der Waals surface area (Å²) in [6.45, 7) is 0.129. The van der Waals surface area contributed by atoms with Crippen LogP contribution in [0.25, 0.3) is 0 Å². The Morgan fingerprint density at radius 1 is 1.25 bits per heavy atom. The van der Waals surface area contributed by atoms with E-state index in [9.17, 15) is 19.3 Å². The maximum atomic E-state index is 12.2. The zero-order valence-corrected chi connectivity index (χ0v) is 13.8. The molecule has 1 aliphatic heterocycles. The number of nitrogens with zero attached hydrogens (tertiary/aromatic N) is 1. The summed E-state index contributed by atoms with van der Waals surface area (Å²) in [5, 5.41) is 9.32. The topological polar surface area (TPSA) is 124 Å². The van der Waals surface area contributed by atoms with E-state index >= 15 is 0 Å². The number of ether oxygens (including phenoxy) is 1. The highest BCUT2D eigenvalue weighted by molar-refractivity contribution is 7.51. The van der Waals surface area contributed by atoms with E-state index in [1.54, 1.807) is 24.3 Å². The Morgan fingerprint density at radius 2 is 1.92 bits per heavy atom. The van der Waals surface area contributed by atoms with Gasteiger partial charge in [-0.05, 0) is 24.3 Å². The zero-order chi connectivity index (χ0) is 17.7. The van der Waals surface area contributed by atoms with E-state index in [1.165, 1.54) is 0 Å². The quantitative estimate of drug-likeness (QED) is 0.685. The molecule has 2 rings (SSSR count). The third-order valence-corrected chi connectivity index (χ3v) is 4.92. The monoisotopic (exact) mass is 357 g/mol. The molecule has 24 heavy (non-hydrogen) atoms. The van der Waals surface area contributed by atoms with Crippen molar-refractivity contribution in [2.45, 2.75) is 25.5 Å². The molecule has 0 aromatic heterocycles. The molecule has 0 saturated carbocycles.